The molecule has 2 fully saturated rings. The summed E-state index contributed by atoms with van der Waals surface area (Å²) in [7, 11) is 0. The summed E-state index contributed by atoms with van der Waals surface area (Å²) in [5.41, 5.74) is 1.66. The molecule has 7 heteroatoms. The van der Waals surface area contributed by atoms with E-state index in [1.54, 1.807) is 34.3 Å². The van der Waals surface area contributed by atoms with Crippen LogP contribution in [0.4, 0.5) is 5.69 Å². The molecular weight excluding hydrogens is 416 g/mol. The highest BCUT2D eigenvalue weighted by molar-refractivity contribution is 6.08. The van der Waals surface area contributed by atoms with Crippen LogP contribution in [0.2, 0.25) is 0 Å². The fraction of sp³-hybridized carbons (Fsp3) is 0.308. The molecule has 3 amide bonds. The minimum atomic E-state index is -0.120. The molecule has 7 nitrogen and oxygen atoms in total. The fourth-order valence-electron chi connectivity index (χ4n) is 4.27. The van der Waals surface area contributed by atoms with Crippen molar-refractivity contribution in [1.82, 2.24) is 14.8 Å². The Bertz CT molecular complexity index is 1210. The van der Waals surface area contributed by atoms with E-state index in [-0.39, 0.29) is 23.6 Å². The molecule has 1 aromatic heterocycles. The van der Waals surface area contributed by atoms with Gasteiger partial charge in [0.1, 0.15) is 0 Å². The SMILES string of the molecule is O=C(Nc1cc2ccccc2cc1C(=O)N1CCCN(C(=O)c2ccncc2)CC1)C1CC1. The number of benzene rings is 2. The average Bonchev–Trinajstić information content (AvgIpc) is 3.71. The van der Waals surface area contributed by atoms with Gasteiger partial charge in [0.15, 0.2) is 0 Å². The molecule has 1 aliphatic heterocycles. The second kappa shape index (κ2) is 9.02. The predicted molar refractivity (Wildman–Crippen MR) is 126 cm³/mol. The first-order valence-electron chi connectivity index (χ1n) is 11.4. The fourth-order valence-corrected chi connectivity index (χ4v) is 4.27. The summed E-state index contributed by atoms with van der Waals surface area (Å²) in [5.74, 6) is -0.144. The Labute approximate surface area is 192 Å². The van der Waals surface area contributed by atoms with Crippen LogP contribution in [-0.4, -0.2) is 58.7 Å². The third kappa shape index (κ3) is 4.58. The molecule has 0 bridgehead atoms. The van der Waals surface area contributed by atoms with Crippen LogP contribution in [0.5, 0.6) is 0 Å². The van der Waals surface area contributed by atoms with Crippen LogP contribution < -0.4 is 5.32 Å². The first-order chi connectivity index (χ1) is 16.1. The summed E-state index contributed by atoms with van der Waals surface area (Å²) in [5, 5.41) is 4.92. The second-order valence-electron chi connectivity index (χ2n) is 8.68. The van der Waals surface area contributed by atoms with Gasteiger partial charge in [0, 0.05) is 50.1 Å². The van der Waals surface area contributed by atoms with Crippen molar-refractivity contribution < 1.29 is 14.4 Å². The highest BCUT2D eigenvalue weighted by Gasteiger charge is 2.31. The van der Waals surface area contributed by atoms with Gasteiger partial charge in [0.05, 0.1) is 11.3 Å². The zero-order chi connectivity index (χ0) is 22.8. The highest BCUT2D eigenvalue weighted by Crippen LogP contribution is 2.32. The van der Waals surface area contributed by atoms with Gasteiger partial charge >= 0.3 is 0 Å². The Morgan fingerprint density at radius 2 is 1.45 bits per heavy atom. The minimum absolute atomic E-state index is 0.0238. The van der Waals surface area contributed by atoms with Crippen molar-refractivity contribution in [3.05, 3.63) is 72.1 Å². The molecule has 2 aromatic carbocycles. The Hall–Kier alpha value is -3.74. The molecule has 0 spiro atoms. The zero-order valence-corrected chi connectivity index (χ0v) is 18.4. The lowest BCUT2D eigenvalue weighted by atomic mass is 10.0. The van der Waals surface area contributed by atoms with Crippen molar-refractivity contribution in [3.8, 4) is 0 Å². The summed E-state index contributed by atoms with van der Waals surface area (Å²) in [6.45, 7) is 2.05. The Morgan fingerprint density at radius 3 is 2.12 bits per heavy atom. The zero-order valence-electron chi connectivity index (χ0n) is 18.4. The van der Waals surface area contributed by atoms with Crippen molar-refractivity contribution in [2.45, 2.75) is 19.3 Å². The number of amides is 3. The quantitative estimate of drug-likeness (QED) is 0.670. The molecule has 3 aromatic rings. The molecule has 1 aliphatic carbocycles. The summed E-state index contributed by atoms with van der Waals surface area (Å²) >= 11 is 0. The maximum atomic E-state index is 13.6. The molecule has 33 heavy (non-hydrogen) atoms. The van der Waals surface area contributed by atoms with Crippen LogP contribution in [0.3, 0.4) is 0 Å². The van der Waals surface area contributed by atoms with Gasteiger partial charge in [-0.2, -0.15) is 0 Å². The lowest BCUT2D eigenvalue weighted by Crippen LogP contribution is -2.37. The van der Waals surface area contributed by atoms with Crippen molar-refractivity contribution in [2.75, 3.05) is 31.5 Å². The molecule has 0 radical (unpaired) electrons. The predicted octanol–water partition coefficient (Wildman–Crippen LogP) is 3.57. The van der Waals surface area contributed by atoms with Crippen molar-refractivity contribution >= 4 is 34.2 Å². The van der Waals surface area contributed by atoms with Gasteiger partial charge in [-0.1, -0.05) is 24.3 Å². The number of pyridine rings is 1. The molecule has 2 aliphatic rings. The second-order valence-corrected chi connectivity index (χ2v) is 8.68. The standard InChI is InChI=1S/C26H26N4O3/c31-24(18-6-7-18)28-23-17-21-5-2-1-4-20(21)16-22(23)26(33)30-13-3-12-29(14-15-30)25(32)19-8-10-27-11-9-19/h1-2,4-5,8-11,16-18H,3,6-7,12-15H2,(H,28,31). The van der Waals surface area contributed by atoms with Crippen molar-refractivity contribution in [3.63, 3.8) is 0 Å². The molecule has 1 N–H and O–H groups in total. The minimum Gasteiger partial charge on any atom is -0.337 e. The van der Waals surface area contributed by atoms with Crippen LogP contribution in [-0.2, 0) is 4.79 Å². The van der Waals surface area contributed by atoms with E-state index in [0.29, 0.717) is 49.4 Å². The van der Waals surface area contributed by atoms with Crippen LogP contribution >= 0.6 is 0 Å². The normalized spacial score (nSPS) is 16.4. The monoisotopic (exact) mass is 442 g/mol. The van der Waals surface area contributed by atoms with E-state index in [9.17, 15) is 14.4 Å². The maximum Gasteiger partial charge on any atom is 0.256 e. The van der Waals surface area contributed by atoms with Gasteiger partial charge in [-0.05, 0) is 54.3 Å². The third-order valence-electron chi connectivity index (χ3n) is 6.32. The van der Waals surface area contributed by atoms with Gasteiger partial charge in [-0.25, -0.2) is 0 Å². The van der Waals surface area contributed by atoms with Gasteiger partial charge < -0.3 is 15.1 Å². The summed E-state index contributed by atoms with van der Waals surface area (Å²) < 4.78 is 0. The van der Waals surface area contributed by atoms with Crippen molar-refractivity contribution in [1.29, 1.82) is 0 Å². The maximum absolute atomic E-state index is 13.6. The van der Waals surface area contributed by atoms with Gasteiger partial charge in [0.25, 0.3) is 11.8 Å². The van der Waals surface area contributed by atoms with E-state index in [0.717, 1.165) is 23.6 Å². The van der Waals surface area contributed by atoms with E-state index in [1.807, 2.05) is 36.4 Å². The van der Waals surface area contributed by atoms with Gasteiger partial charge in [-0.3, -0.25) is 19.4 Å². The lowest BCUT2D eigenvalue weighted by molar-refractivity contribution is -0.117. The number of nitrogens with one attached hydrogen (secondary N) is 1. The summed E-state index contributed by atoms with van der Waals surface area (Å²) in [6, 6.07) is 15.0. The Morgan fingerprint density at radius 1 is 0.818 bits per heavy atom. The number of nitrogens with zero attached hydrogens (tertiary/aromatic N) is 3. The Balaban J connectivity index is 1.37. The average molecular weight is 443 g/mol. The largest absolute Gasteiger partial charge is 0.337 e. The molecule has 1 saturated heterocycles. The molecule has 5 rings (SSSR count). The topological polar surface area (TPSA) is 82.6 Å². The van der Waals surface area contributed by atoms with E-state index in [4.69, 9.17) is 0 Å². The van der Waals surface area contributed by atoms with Gasteiger partial charge in [0.2, 0.25) is 5.91 Å². The van der Waals surface area contributed by atoms with Crippen LogP contribution in [0.1, 0.15) is 40.0 Å². The number of hydrogen-bond donors (Lipinski definition) is 1. The van der Waals surface area contributed by atoms with E-state index >= 15 is 0 Å². The van der Waals surface area contributed by atoms with Gasteiger partial charge in [-0.15, -0.1) is 0 Å². The first-order valence-corrected chi connectivity index (χ1v) is 11.4. The lowest BCUT2D eigenvalue weighted by Gasteiger charge is -2.23. The number of aromatic nitrogens is 1. The molecule has 1 saturated carbocycles. The number of fused-ring (bicyclic) bond motifs is 1. The number of rotatable bonds is 4. The molecule has 2 heterocycles. The summed E-state index contributed by atoms with van der Waals surface area (Å²) in [4.78, 5) is 46.5. The van der Waals surface area contributed by atoms with Crippen LogP contribution in [0.15, 0.2) is 60.9 Å². The Kier molecular flexibility index (Phi) is 5.77. The number of anilines is 1. The number of carbonyl (C=O) groups excluding carboxylic acids is 3. The van der Waals surface area contributed by atoms with E-state index in [1.165, 1.54) is 0 Å². The third-order valence-corrected chi connectivity index (χ3v) is 6.32. The molecular formula is C26H26N4O3. The van der Waals surface area contributed by atoms with E-state index in [2.05, 4.69) is 10.3 Å². The molecule has 168 valence electrons. The highest BCUT2D eigenvalue weighted by atomic mass is 16.2. The molecule has 0 atom stereocenters. The molecule has 0 unspecified atom stereocenters. The van der Waals surface area contributed by atoms with Crippen LogP contribution in [0, 0.1) is 5.92 Å². The van der Waals surface area contributed by atoms with Crippen molar-refractivity contribution in [2.24, 2.45) is 5.92 Å². The van der Waals surface area contributed by atoms with Crippen LogP contribution in [0.25, 0.3) is 10.8 Å². The first kappa shape index (κ1) is 21.1. The van der Waals surface area contributed by atoms with E-state index < -0.39 is 0 Å². The smallest absolute Gasteiger partial charge is 0.256 e. The number of hydrogen-bond acceptors (Lipinski definition) is 4. The number of carbonyl (C=O) groups is 3. The summed E-state index contributed by atoms with van der Waals surface area (Å²) in [6.07, 6.45) is 5.71.